The first-order valence-corrected chi connectivity index (χ1v) is 6.99. The zero-order valence-electron chi connectivity index (χ0n) is 11.7. The van der Waals surface area contributed by atoms with Crippen molar-refractivity contribution in [3.8, 4) is 0 Å². The van der Waals surface area contributed by atoms with Gasteiger partial charge in [0.2, 0.25) is 0 Å². The van der Waals surface area contributed by atoms with Gasteiger partial charge in [0.05, 0.1) is 5.52 Å². The maximum Gasteiger partial charge on any atom is 0.0708 e. The number of pyridine rings is 1. The normalized spacial score (nSPS) is 20.2. The number of fused-ring (bicyclic) bond motifs is 1. The SMILES string of the molecule is Cc1cc(CNC2CCN(C)C2)c2ccccc2n1. The molecule has 1 saturated heterocycles. The van der Waals surface area contributed by atoms with E-state index in [1.807, 2.05) is 0 Å². The standard InChI is InChI=1S/C16H21N3/c1-12-9-13(10-17-14-7-8-19(2)11-14)15-5-3-4-6-16(15)18-12/h3-6,9,14,17H,7-8,10-11H2,1-2H3. The summed E-state index contributed by atoms with van der Waals surface area (Å²) in [4.78, 5) is 6.97. The molecule has 0 bridgehead atoms. The highest BCUT2D eigenvalue weighted by atomic mass is 15.2. The average Bonchev–Trinajstić information content (AvgIpc) is 2.81. The molecule has 0 radical (unpaired) electrons. The summed E-state index contributed by atoms with van der Waals surface area (Å²) >= 11 is 0. The van der Waals surface area contributed by atoms with Crippen molar-refractivity contribution in [1.29, 1.82) is 0 Å². The Morgan fingerprint density at radius 2 is 2.21 bits per heavy atom. The second-order valence-corrected chi connectivity index (χ2v) is 5.57. The van der Waals surface area contributed by atoms with Gasteiger partial charge < -0.3 is 10.2 Å². The second kappa shape index (κ2) is 5.27. The fourth-order valence-electron chi connectivity index (χ4n) is 2.90. The fraction of sp³-hybridized carbons (Fsp3) is 0.438. The van der Waals surface area contributed by atoms with Gasteiger partial charge in [-0.2, -0.15) is 0 Å². The molecule has 1 fully saturated rings. The van der Waals surface area contributed by atoms with Crippen molar-refractivity contribution in [2.24, 2.45) is 0 Å². The van der Waals surface area contributed by atoms with Crippen molar-refractivity contribution in [2.75, 3.05) is 20.1 Å². The van der Waals surface area contributed by atoms with E-state index in [2.05, 4.69) is 59.5 Å². The predicted octanol–water partition coefficient (Wildman–Crippen LogP) is 2.34. The van der Waals surface area contributed by atoms with Crippen molar-refractivity contribution >= 4 is 10.9 Å². The molecule has 1 unspecified atom stereocenters. The van der Waals surface area contributed by atoms with Crippen LogP contribution >= 0.6 is 0 Å². The molecule has 0 saturated carbocycles. The molecular weight excluding hydrogens is 234 g/mol. The molecular formula is C16H21N3. The van der Waals surface area contributed by atoms with Gasteiger partial charge >= 0.3 is 0 Å². The Kier molecular flexibility index (Phi) is 3.49. The number of aryl methyl sites for hydroxylation is 1. The van der Waals surface area contributed by atoms with Gasteiger partial charge in [-0.3, -0.25) is 4.98 Å². The number of rotatable bonds is 3. The highest BCUT2D eigenvalue weighted by molar-refractivity contribution is 5.82. The van der Waals surface area contributed by atoms with Gasteiger partial charge in [0.1, 0.15) is 0 Å². The van der Waals surface area contributed by atoms with E-state index >= 15 is 0 Å². The molecule has 1 aromatic heterocycles. The van der Waals surface area contributed by atoms with Gasteiger partial charge in [0.15, 0.2) is 0 Å². The summed E-state index contributed by atoms with van der Waals surface area (Å²) < 4.78 is 0. The summed E-state index contributed by atoms with van der Waals surface area (Å²) in [5, 5.41) is 4.95. The minimum absolute atomic E-state index is 0.622. The molecule has 2 heterocycles. The van der Waals surface area contributed by atoms with Gasteiger partial charge in [-0.05, 0) is 44.6 Å². The molecule has 100 valence electrons. The number of nitrogens with zero attached hydrogens (tertiary/aromatic N) is 2. The third-order valence-electron chi connectivity index (χ3n) is 3.90. The van der Waals surface area contributed by atoms with E-state index < -0.39 is 0 Å². The molecule has 3 nitrogen and oxygen atoms in total. The summed E-state index contributed by atoms with van der Waals surface area (Å²) in [7, 11) is 2.19. The maximum absolute atomic E-state index is 4.59. The Labute approximate surface area is 114 Å². The van der Waals surface area contributed by atoms with Gasteiger partial charge in [-0.25, -0.2) is 0 Å². The largest absolute Gasteiger partial charge is 0.309 e. The van der Waals surface area contributed by atoms with Crippen LogP contribution < -0.4 is 5.32 Å². The first-order chi connectivity index (χ1) is 9.22. The van der Waals surface area contributed by atoms with Gasteiger partial charge in [-0.1, -0.05) is 18.2 Å². The number of likely N-dealkylation sites (tertiary alicyclic amines) is 1. The van der Waals surface area contributed by atoms with Crippen molar-refractivity contribution in [3.63, 3.8) is 0 Å². The van der Waals surface area contributed by atoms with Crippen LogP contribution in [-0.2, 0) is 6.54 Å². The van der Waals surface area contributed by atoms with Crippen LogP contribution in [0.1, 0.15) is 17.7 Å². The lowest BCUT2D eigenvalue weighted by molar-refractivity contribution is 0.398. The lowest BCUT2D eigenvalue weighted by Gasteiger charge is -2.14. The third-order valence-corrected chi connectivity index (χ3v) is 3.90. The van der Waals surface area contributed by atoms with Crippen LogP contribution in [0.25, 0.3) is 10.9 Å². The summed E-state index contributed by atoms with van der Waals surface area (Å²) in [6.45, 7) is 5.36. The minimum atomic E-state index is 0.622. The first kappa shape index (κ1) is 12.6. The number of hydrogen-bond acceptors (Lipinski definition) is 3. The van der Waals surface area contributed by atoms with E-state index in [0.717, 1.165) is 24.3 Å². The Morgan fingerprint density at radius 3 is 3.00 bits per heavy atom. The van der Waals surface area contributed by atoms with Gasteiger partial charge in [-0.15, -0.1) is 0 Å². The summed E-state index contributed by atoms with van der Waals surface area (Å²) in [6, 6.07) is 11.2. The number of aromatic nitrogens is 1. The van der Waals surface area contributed by atoms with Crippen LogP contribution in [-0.4, -0.2) is 36.1 Å². The smallest absolute Gasteiger partial charge is 0.0708 e. The highest BCUT2D eigenvalue weighted by Gasteiger charge is 2.18. The number of likely N-dealkylation sites (N-methyl/N-ethyl adjacent to an activating group) is 1. The van der Waals surface area contributed by atoms with Crippen molar-refractivity contribution in [3.05, 3.63) is 41.6 Å². The van der Waals surface area contributed by atoms with Gasteiger partial charge in [0, 0.05) is 30.2 Å². The van der Waals surface area contributed by atoms with Crippen molar-refractivity contribution in [1.82, 2.24) is 15.2 Å². The van der Waals surface area contributed by atoms with E-state index in [0.29, 0.717) is 6.04 Å². The average molecular weight is 255 g/mol. The monoisotopic (exact) mass is 255 g/mol. The Hall–Kier alpha value is -1.45. The molecule has 1 aliphatic rings. The maximum atomic E-state index is 4.59. The van der Waals surface area contributed by atoms with Crippen LogP contribution in [0.4, 0.5) is 0 Å². The van der Waals surface area contributed by atoms with Crippen LogP contribution in [0.3, 0.4) is 0 Å². The van der Waals surface area contributed by atoms with Crippen molar-refractivity contribution < 1.29 is 0 Å². The molecule has 3 heteroatoms. The minimum Gasteiger partial charge on any atom is -0.309 e. The first-order valence-electron chi connectivity index (χ1n) is 6.99. The Balaban J connectivity index is 1.80. The summed E-state index contributed by atoms with van der Waals surface area (Å²) in [5.74, 6) is 0. The molecule has 0 spiro atoms. The Bertz CT molecular complexity index is 579. The number of nitrogens with one attached hydrogen (secondary N) is 1. The molecule has 0 amide bonds. The molecule has 1 atom stereocenters. The van der Waals surface area contributed by atoms with E-state index in [-0.39, 0.29) is 0 Å². The van der Waals surface area contributed by atoms with Crippen molar-refractivity contribution in [2.45, 2.75) is 25.9 Å². The number of benzene rings is 1. The lowest BCUT2D eigenvalue weighted by Crippen LogP contribution is -2.31. The molecule has 1 N–H and O–H groups in total. The predicted molar refractivity (Wildman–Crippen MR) is 79.2 cm³/mol. The highest BCUT2D eigenvalue weighted by Crippen LogP contribution is 2.18. The molecule has 3 rings (SSSR count). The van der Waals surface area contributed by atoms with E-state index in [1.54, 1.807) is 0 Å². The zero-order chi connectivity index (χ0) is 13.2. The number of para-hydroxylation sites is 1. The van der Waals surface area contributed by atoms with Crippen LogP contribution in [0.2, 0.25) is 0 Å². The fourth-order valence-corrected chi connectivity index (χ4v) is 2.90. The quantitative estimate of drug-likeness (QED) is 0.912. The molecule has 1 aliphatic heterocycles. The lowest BCUT2D eigenvalue weighted by atomic mass is 10.1. The topological polar surface area (TPSA) is 28.2 Å². The van der Waals surface area contributed by atoms with Gasteiger partial charge in [0.25, 0.3) is 0 Å². The molecule has 2 aromatic rings. The van der Waals surface area contributed by atoms with E-state index in [4.69, 9.17) is 0 Å². The molecule has 19 heavy (non-hydrogen) atoms. The van der Waals surface area contributed by atoms with Crippen LogP contribution in [0, 0.1) is 6.92 Å². The van der Waals surface area contributed by atoms with E-state index in [1.165, 1.54) is 23.9 Å². The second-order valence-electron chi connectivity index (χ2n) is 5.57. The Morgan fingerprint density at radius 1 is 1.37 bits per heavy atom. The van der Waals surface area contributed by atoms with E-state index in [9.17, 15) is 0 Å². The number of hydrogen-bond donors (Lipinski definition) is 1. The zero-order valence-corrected chi connectivity index (χ0v) is 11.7. The third kappa shape index (κ3) is 2.77. The molecule has 0 aliphatic carbocycles. The summed E-state index contributed by atoms with van der Waals surface area (Å²) in [6.07, 6.45) is 1.25. The summed E-state index contributed by atoms with van der Waals surface area (Å²) in [5.41, 5.74) is 3.56. The molecule has 1 aromatic carbocycles. The van der Waals surface area contributed by atoms with Crippen LogP contribution in [0.15, 0.2) is 30.3 Å². The van der Waals surface area contributed by atoms with Crippen LogP contribution in [0.5, 0.6) is 0 Å².